The van der Waals surface area contributed by atoms with Crippen molar-refractivity contribution in [2.24, 2.45) is 21.9 Å². The number of nitrogens with zero attached hydrogens (tertiary/aromatic N) is 5. The summed E-state index contributed by atoms with van der Waals surface area (Å²) in [7, 11) is 0. The van der Waals surface area contributed by atoms with Crippen LogP contribution < -0.4 is 22.1 Å². The lowest BCUT2D eigenvalue weighted by Gasteiger charge is -2.39. The van der Waals surface area contributed by atoms with Crippen molar-refractivity contribution in [3.63, 3.8) is 0 Å². The highest BCUT2D eigenvalue weighted by Crippen LogP contribution is 2.46. The van der Waals surface area contributed by atoms with Crippen molar-refractivity contribution in [1.29, 1.82) is 0 Å². The molecule has 6 N–H and O–H groups in total. The number of rotatable bonds is 6. The SMILES string of the molecule is CC(=O)Nc1ncc(-c2cc3c(N[C@@H]4CC[C@](C)(N)C4(C)C)c(C(N)=Nc4ccccc4Cl)cnn3c2)cn1. The topological polar surface area (TPSA) is 149 Å². The molecule has 0 saturated heterocycles. The second-order valence-electron chi connectivity index (χ2n) is 10.8. The van der Waals surface area contributed by atoms with Crippen molar-refractivity contribution in [3.05, 3.63) is 65.7 Å². The lowest BCUT2D eigenvalue weighted by molar-refractivity contribution is -0.114. The van der Waals surface area contributed by atoms with Gasteiger partial charge in [0.1, 0.15) is 5.84 Å². The number of amidine groups is 1. The Balaban J connectivity index is 1.61. The first-order valence-corrected chi connectivity index (χ1v) is 13.1. The molecule has 11 heteroatoms. The lowest BCUT2D eigenvalue weighted by Crippen LogP contribution is -2.51. The molecule has 0 radical (unpaired) electrons. The van der Waals surface area contributed by atoms with Crippen molar-refractivity contribution in [1.82, 2.24) is 19.6 Å². The first kappa shape index (κ1) is 26.6. The van der Waals surface area contributed by atoms with Gasteiger partial charge in [-0.25, -0.2) is 19.5 Å². The zero-order valence-electron chi connectivity index (χ0n) is 22.4. The number of aliphatic imine (C=N–C) groups is 1. The maximum absolute atomic E-state index is 11.3. The van der Waals surface area contributed by atoms with E-state index >= 15 is 0 Å². The Morgan fingerprint density at radius 2 is 1.87 bits per heavy atom. The Morgan fingerprint density at radius 3 is 2.51 bits per heavy atom. The smallest absolute Gasteiger partial charge is 0.229 e. The zero-order chi connectivity index (χ0) is 27.9. The minimum atomic E-state index is -0.328. The summed E-state index contributed by atoms with van der Waals surface area (Å²) in [6.45, 7) is 7.89. The molecule has 39 heavy (non-hydrogen) atoms. The third kappa shape index (κ3) is 5.05. The van der Waals surface area contributed by atoms with Crippen LogP contribution in [0.25, 0.3) is 16.6 Å². The number of hydrogen-bond acceptors (Lipinski definition) is 7. The summed E-state index contributed by atoms with van der Waals surface area (Å²) in [5, 5.41) is 11.5. The summed E-state index contributed by atoms with van der Waals surface area (Å²) in [5.74, 6) is 0.302. The third-order valence-electron chi connectivity index (χ3n) is 7.89. The largest absolute Gasteiger partial charge is 0.383 e. The van der Waals surface area contributed by atoms with Crippen LogP contribution in [-0.2, 0) is 4.79 Å². The van der Waals surface area contributed by atoms with Gasteiger partial charge in [-0.15, -0.1) is 0 Å². The minimum absolute atomic E-state index is 0.0872. The molecule has 3 aromatic heterocycles. The van der Waals surface area contributed by atoms with Crippen LogP contribution in [0.2, 0.25) is 5.02 Å². The number of amides is 1. The Kier molecular flexibility index (Phi) is 6.77. The standard InChI is InChI=1S/C28H32ClN9O/c1-16(39)35-26-32-12-18(13-33-26)17-11-22-24(37-23-9-10-28(4,31)27(23,2)3)19(14-34-38(22)15-17)25(30)36-21-8-6-5-7-20(21)29/h5-8,11-15,23,37H,9-10,31H2,1-4H3,(H2,30,36)(H,32,33,35,39)/t23-,28+/m1/s1. The Morgan fingerprint density at radius 1 is 1.15 bits per heavy atom. The molecule has 1 saturated carbocycles. The highest BCUT2D eigenvalue weighted by Gasteiger charge is 2.49. The quantitative estimate of drug-likeness (QED) is 0.201. The van der Waals surface area contributed by atoms with E-state index in [1.54, 1.807) is 29.2 Å². The minimum Gasteiger partial charge on any atom is -0.383 e. The number of halogens is 1. The average Bonchev–Trinajstić information content (AvgIpc) is 3.40. The Bertz CT molecular complexity index is 1570. The molecule has 1 aliphatic rings. The number of benzene rings is 1. The first-order chi connectivity index (χ1) is 18.5. The normalized spacial score (nSPS) is 20.8. The van der Waals surface area contributed by atoms with Crippen LogP contribution in [0.1, 0.15) is 46.1 Å². The van der Waals surface area contributed by atoms with Crippen LogP contribution in [0.3, 0.4) is 0 Å². The van der Waals surface area contributed by atoms with Crippen molar-refractivity contribution in [3.8, 4) is 11.1 Å². The maximum atomic E-state index is 11.3. The van der Waals surface area contributed by atoms with Gasteiger partial charge >= 0.3 is 0 Å². The van der Waals surface area contributed by atoms with E-state index in [4.69, 9.17) is 23.1 Å². The Hall–Kier alpha value is -4.02. The fourth-order valence-electron chi connectivity index (χ4n) is 4.94. The molecule has 202 valence electrons. The zero-order valence-corrected chi connectivity index (χ0v) is 23.1. The Labute approximate surface area is 231 Å². The molecule has 4 aromatic rings. The number of nitrogens with two attached hydrogens (primary N) is 2. The molecule has 0 aliphatic heterocycles. The second kappa shape index (κ2) is 9.94. The molecule has 1 aliphatic carbocycles. The number of fused-ring (bicyclic) bond motifs is 1. The van der Waals surface area contributed by atoms with Crippen LogP contribution in [0.4, 0.5) is 17.3 Å². The van der Waals surface area contributed by atoms with E-state index in [1.807, 2.05) is 30.5 Å². The molecule has 2 atom stereocenters. The fourth-order valence-corrected chi connectivity index (χ4v) is 5.12. The monoisotopic (exact) mass is 545 g/mol. The predicted octanol–water partition coefficient (Wildman–Crippen LogP) is 4.76. The lowest BCUT2D eigenvalue weighted by atomic mass is 9.75. The number of para-hydroxylation sites is 1. The van der Waals surface area contributed by atoms with E-state index in [1.165, 1.54) is 6.92 Å². The molecular weight excluding hydrogens is 514 g/mol. The van der Waals surface area contributed by atoms with Crippen molar-refractivity contribution >= 4 is 46.2 Å². The van der Waals surface area contributed by atoms with Gasteiger partial charge < -0.3 is 16.8 Å². The number of aromatic nitrogens is 4. The first-order valence-electron chi connectivity index (χ1n) is 12.7. The molecule has 10 nitrogen and oxygen atoms in total. The van der Waals surface area contributed by atoms with E-state index in [-0.39, 0.29) is 34.7 Å². The second-order valence-corrected chi connectivity index (χ2v) is 11.2. The highest BCUT2D eigenvalue weighted by atomic mass is 35.5. The number of carbonyl (C=O) groups excluding carboxylic acids is 1. The van der Waals surface area contributed by atoms with Gasteiger partial charge in [-0.3, -0.25) is 10.1 Å². The van der Waals surface area contributed by atoms with Gasteiger partial charge in [0.25, 0.3) is 0 Å². The summed E-state index contributed by atoms with van der Waals surface area (Å²) in [6.07, 6.45) is 8.72. The fraction of sp³-hybridized carbons (Fsp3) is 0.321. The maximum Gasteiger partial charge on any atom is 0.229 e. The molecule has 0 unspecified atom stereocenters. The molecular formula is C28H32ClN9O. The van der Waals surface area contributed by atoms with Gasteiger partial charge in [-0.05, 0) is 38.0 Å². The van der Waals surface area contributed by atoms with Crippen molar-refractivity contribution in [2.45, 2.75) is 52.1 Å². The van der Waals surface area contributed by atoms with Gasteiger partial charge in [-0.1, -0.05) is 37.6 Å². The van der Waals surface area contributed by atoms with Crippen LogP contribution in [0.15, 0.2) is 60.1 Å². The average molecular weight is 546 g/mol. The van der Waals surface area contributed by atoms with Crippen molar-refractivity contribution < 1.29 is 4.79 Å². The van der Waals surface area contributed by atoms with E-state index in [0.717, 1.165) is 35.2 Å². The molecule has 5 rings (SSSR count). The van der Waals surface area contributed by atoms with Gasteiger partial charge in [0, 0.05) is 53.6 Å². The molecule has 1 amide bonds. The predicted molar refractivity (Wildman–Crippen MR) is 155 cm³/mol. The molecule has 3 heterocycles. The van der Waals surface area contributed by atoms with Crippen LogP contribution in [-0.4, -0.2) is 42.9 Å². The van der Waals surface area contributed by atoms with E-state index in [2.05, 4.69) is 51.5 Å². The molecule has 0 bridgehead atoms. The van der Waals surface area contributed by atoms with Crippen molar-refractivity contribution in [2.75, 3.05) is 10.6 Å². The highest BCUT2D eigenvalue weighted by molar-refractivity contribution is 6.33. The van der Waals surface area contributed by atoms with E-state index in [0.29, 0.717) is 16.3 Å². The summed E-state index contributed by atoms with van der Waals surface area (Å²) >= 11 is 6.36. The van der Waals surface area contributed by atoms with E-state index < -0.39 is 0 Å². The van der Waals surface area contributed by atoms with E-state index in [9.17, 15) is 4.79 Å². The number of hydrogen-bond donors (Lipinski definition) is 4. The molecule has 0 spiro atoms. The third-order valence-corrected chi connectivity index (χ3v) is 8.21. The van der Waals surface area contributed by atoms with Gasteiger partial charge in [0.2, 0.25) is 11.9 Å². The number of anilines is 2. The van der Waals surface area contributed by atoms with Gasteiger partial charge in [0.15, 0.2) is 0 Å². The molecule has 1 fully saturated rings. The summed E-state index contributed by atoms with van der Waals surface area (Å²) in [4.78, 5) is 24.5. The molecule has 1 aromatic carbocycles. The van der Waals surface area contributed by atoms with Gasteiger partial charge in [0.05, 0.1) is 33.7 Å². The van der Waals surface area contributed by atoms with Crippen LogP contribution in [0, 0.1) is 5.41 Å². The van der Waals surface area contributed by atoms with Crippen LogP contribution >= 0.6 is 11.6 Å². The summed E-state index contributed by atoms with van der Waals surface area (Å²) in [5.41, 5.74) is 17.2. The van der Waals surface area contributed by atoms with Crippen LogP contribution in [0.5, 0.6) is 0 Å². The van der Waals surface area contributed by atoms with Gasteiger partial charge in [-0.2, -0.15) is 5.10 Å². The summed E-state index contributed by atoms with van der Waals surface area (Å²) < 4.78 is 1.79. The summed E-state index contributed by atoms with van der Waals surface area (Å²) in [6, 6.07) is 9.38. The number of nitrogens with one attached hydrogen (secondary N) is 2. The number of carbonyl (C=O) groups is 1.